The summed E-state index contributed by atoms with van der Waals surface area (Å²) in [6, 6.07) is 6.34. The summed E-state index contributed by atoms with van der Waals surface area (Å²) in [4.78, 5) is 21.9. The second-order valence-electron chi connectivity index (χ2n) is 6.74. The lowest BCUT2D eigenvalue weighted by Crippen LogP contribution is -2.30. The van der Waals surface area contributed by atoms with Gasteiger partial charge < -0.3 is 4.90 Å². The van der Waals surface area contributed by atoms with Gasteiger partial charge in [-0.2, -0.15) is 11.3 Å². The zero-order valence-electron chi connectivity index (χ0n) is 13.9. The molecule has 0 aliphatic carbocycles. The lowest BCUT2D eigenvalue weighted by atomic mass is 10.1. The van der Waals surface area contributed by atoms with Crippen LogP contribution in [0.2, 0.25) is 0 Å². The fraction of sp³-hybridized carbons (Fsp3) is 0.474. The fourth-order valence-electron chi connectivity index (χ4n) is 3.79. The molecule has 2 aliphatic rings. The maximum atomic E-state index is 12.7. The fourth-order valence-corrected chi connectivity index (χ4v) is 4.42. The number of aromatic nitrogens is 1. The van der Waals surface area contributed by atoms with Gasteiger partial charge in [-0.15, -0.1) is 0 Å². The Hall–Kier alpha value is -1.72. The summed E-state index contributed by atoms with van der Waals surface area (Å²) in [5.74, 6) is 0.140. The van der Waals surface area contributed by atoms with Gasteiger partial charge in [0, 0.05) is 24.7 Å². The third kappa shape index (κ3) is 3.23. The first-order chi connectivity index (χ1) is 11.8. The number of carbonyl (C=O) groups excluding carboxylic acids is 1. The monoisotopic (exact) mass is 341 g/mol. The maximum absolute atomic E-state index is 12.7. The van der Waals surface area contributed by atoms with E-state index in [0.717, 1.165) is 37.2 Å². The zero-order valence-corrected chi connectivity index (χ0v) is 14.7. The van der Waals surface area contributed by atoms with Gasteiger partial charge in [-0.05, 0) is 61.8 Å². The number of carbonyl (C=O) groups is 1. The van der Waals surface area contributed by atoms with Crippen molar-refractivity contribution in [3.63, 3.8) is 0 Å². The van der Waals surface area contributed by atoms with Crippen molar-refractivity contribution < 1.29 is 4.79 Å². The quantitative estimate of drug-likeness (QED) is 0.850. The Labute approximate surface area is 147 Å². The molecule has 1 amide bonds. The lowest BCUT2D eigenvalue weighted by molar-refractivity contribution is 0.0733. The molecular formula is C19H23N3OS. The highest BCUT2D eigenvalue weighted by molar-refractivity contribution is 7.08. The van der Waals surface area contributed by atoms with Crippen molar-refractivity contribution in [3.05, 3.63) is 52.0 Å². The normalized spacial score (nSPS) is 21.5. The minimum absolute atomic E-state index is 0.123. The number of nitrogens with zero attached hydrogens (tertiary/aromatic N) is 3. The number of pyridine rings is 1. The third-order valence-corrected chi connectivity index (χ3v) is 5.76. The van der Waals surface area contributed by atoms with Gasteiger partial charge in [0.05, 0.1) is 17.3 Å². The molecule has 0 aromatic carbocycles. The van der Waals surface area contributed by atoms with Gasteiger partial charge in [-0.25, -0.2) is 0 Å². The van der Waals surface area contributed by atoms with E-state index in [1.165, 1.54) is 31.5 Å². The third-order valence-electron chi connectivity index (χ3n) is 5.08. The summed E-state index contributed by atoms with van der Waals surface area (Å²) in [6.45, 7) is 4.23. The van der Waals surface area contributed by atoms with Crippen LogP contribution in [0.3, 0.4) is 0 Å². The Morgan fingerprint density at radius 1 is 1.17 bits per heavy atom. The molecule has 0 bridgehead atoms. The van der Waals surface area contributed by atoms with Crippen LogP contribution in [-0.4, -0.2) is 40.3 Å². The van der Waals surface area contributed by atoms with E-state index in [1.54, 1.807) is 11.3 Å². The van der Waals surface area contributed by atoms with Gasteiger partial charge in [0.15, 0.2) is 0 Å². The topological polar surface area (TPSA) is 36.4 Å². The van der Waals surface area contributed by atoms with Crippen LogP contribution in [0.4, 0.5) is 0 Å². The molecule has 2 saturated heterocycles. The van der Waals surface area contributed by atoms with Gasteiger partial charge >= 0.3 is 0 Å². The van der Waals surface area contributed by atoms with E-state index in [-0.39, 0.29) is 11.9 Å². The summed E-state index contributed by atoms with van der Waals surface area (Å²) in [5, 5.41) is 3.90. The van der Waals surface area contributed by atoms with Gasteiger partial charge in [0.1, 0.15) is 0 Å². The van der Waals surface area contributed by atoms with Crippen LogP contribution in [0, 0.1) is 0 Å². The lowest BCUT2D eigenvalue weighted by Gasteiger charge is -2.24. The van der Waals surface area contributed by atoms with Gasteiger partial charge in [-0.3, -0.25) is 14.7 Å². The molecule has 5 heteroatoms. The van der Waals surface area contributed by atoms with Crippen LogP contribution >= 0.6 is 11.3 Å². The standard InChI is InChI=1S/C19H23N3OS/c23-19(16-7-11-24-14-16)22-10-3-4-18(22)17-6-5-15(12-20-17)13-21-8-1-2-9-21/h5-7,11-12,14,18H,1-4,8-10,13H2/t18-/m0/s1. The Kier molecular flexibility index (Phi) is 4.63. The Morgan fingerprint density at radius 3 is 2.75 bits per heavy atom. The van der Waals surface area contributed by atoms with E-state index in [0.29, 0.717) is 0 Å². The van der Waals surface area contributed by atoms with Crippen LogP contribution in [0.15, 0.2) is 35.2 Å². The average Bonchev–Trinajstić information content (AvgIpc) is 3.36. The SMILES string of the molecule is O=C(c1ccsc1)N1CCC[C@H]1c1ccc(CN2CCCC2)cn1. The van der Waals surface area contributed by atoms with Gasteiger partial charge in [0.25, 0.3) is 5.91 Å². The molecule has 24 heavy (non-hydrogen) atoms. The number of amides is 1. The number of likely N-dealkylation sites (tertiary alicyclic amines) is 2. The van der Waals surface area contributed by atoms with E-state index in [9.17, 15) is 4.79 Å². The molecule has 4 nitrogen and oxygen atoms in total. The molecule has 2 aliphatic heterocycles. The highest BCUT2D eigenvalue weighted by Gasteiger charge is 2.31. The number of hydrogen-bond acceptors (Lipinski definition) is 4. The Bertz CT molecular complexity index is 677. The highest BCUT2D eigenvalue weighted by Crippen LogP contribution is 2.32. The van der Waals surface area contributed by atoms with Crippen LogP contribution in [0.5, 0.6) is 0 Å². The van der Waals surface area contributed by atoms with Crippen LogP contribution < -0.4 is 0 Å². The molecule has 4 heterocycles. The van der Waals surface area contributed by atoms with Crippen molar-refractivity contribution in [3.8, 4) is 0 Å². The van der Waals surface area contributed by atoms with Crippen molar-refractivity contribution in [2.75, 3.05) is 19.6 Å². The van der Waals surface area contributed by atoms with Crippen LogP contribution in [-0.2, 0) is 6.54 Å². The van der Waals surface area contributed by atoms with Crippen molar-refractivity contribution in [1.82, 2.24) is 14.8 Å². The second kappa shape index (κ2) is 7.03. The molecule has 2 aromatic rings. The van der Waals surface area contributed by atoms with Crippen molar-refractivity contribution >= 4 is 17.2 Å². The van der Waals surface area contributed by atoms with Crippen LogP contribution in [0.25, 0.3) is 0 Å². The first-order valence-corrected chi connectivity index (χ1v) is 9.76. The minimum atomic E-state index is 0.123. The molecule has 2 fully saturated rings. The summed E-state index contributed by atoms with van der Waals surface area (Å²) >= 11 is 1.57. The first kappa shape index (κ1) is 15.8. The molecule has 4 rings (SSSR count). The predicted molar refractivity (Wildman–Crippen MR) is 96.1 cm³/mol. The van der Waals surface area contributed by atoms with E-state index in [4.69, 9.17) is 4.98 Å². The Morgan fingerprint density at radius 2 is 2.04 bits per heavy atom. The molecule has 0 saturated carbocycles. The molecule has 126 valence electrons. The first-order valence-electron chi connectivity index (χ1n) is 8.81. The minimum Gasteiger partial charge on any atom is -0.330 e. The van der Waals surface area contributed by atoms with Crippen molar-refractivity contribution in [2.24, 2.45) is 0 Å². The molecular weight excluding hydrogens is 318 g/mol. The maximum Gasteiger partial charge on any atom is 0.255 e. The summed E-state index contributed by atoms with van der Waals surface area (Å²) in [5.41, 5.74) is 3.10. The summed E-state index contributed by atoms with van der Waals surface area (Å²) in [7, 11) is 0. The smallest absolute Gasteiger partial charge is 0.255 e. The molecule has 1 atom stereocenters. The average molecular weight is 341 g/mol. The molecule has 0 spiro atoms. The van der Waals surface area contributed by atoms with E-state index >= 15 is 0 Å². The van der Waals surface area contributed by atoms with Gasteiger partial charge in [0.2, 0.25) is 0 Å². The second-order valence-corrected chi connectivity index (χ2v) is 7.52. The molecule has 2 aromatic heterocycles. The largest absolute Gasteiger partial charge is 0.330 e. The van der Waals surface area contributed by atoms with E-state index in [2.05, 4.69) is 17.0 Å². The number of hydrogen-bond donors (Lipinski definition) is 0. The molecule has 0 unspecified atom stereocenters. The zero-order chi connectivity index (χ0) is 16.4. The molecule has 0 radical (unpaired) electrons. The highest BCUT2D eigenvalue weighted by atomic mass is 32.1. The van der Waals surface area contributed by atoms with Crippen molar-refractivity contribution in [2.45, 2.75) is 38.3 Å². The van der Waals surface area contributed by atoms with E-state index < -0.39 is 0 Å². The summed E-state index contributed by atoms with van der Waals surface area (Å²) in [6.07, 6.45) is 6.69. The van der Waals surface area contributed by atoms with E-state index in [1.807, 2.05) is 27.9 Å². The van der Waals surface area contributed by atoms with Crippen molar-refractivity contribution in [1.29, 1.82) is 0 Å². The molecule has 0 N–H and O–H groups in total. The number of rotatable bonds is 4. The summed E-state index contributed by atoms with van der Waals surface area (Å²) < 4.78 is 0. The van der Waals surface area contributed by atoms with Crippen LogP contribution in [0.1, 0.15) is 53.3 Å². The Balaban J connectivity index is 1.46. The number of thiophene rings is 1. The predicted octanol–water partition coefficient (Wildman–Crippen LogP) is 3.72. The van der Waals surface area contributed by atoms with Gasteiger partial charge in [-0.1, -0.05) is 6.07 Å².